The van der Waals surface area contributed by atoms with E-state index in [2.05, 4.69) is 0 Å². The lowest BCUT2D eigenvalue weighted by Gasteiger charge is -2.20. The third kappa shape index (κ3) is 2.72. The monoisotopic (exact) mass is 248 g/mol. The van der Waals surface area contributed by atoms with Crippen molar-refractivity contribution in [3.8, 4) is 17.6 Å². The molecule has 0 aromatic heterocycles. The molecule has 1 aromatic rings. The maximum Gasteiger partial charge on any atom is 0.258 e. The number of carbonyl (C=O) groups is 1. The summed E-state index contributed by atoms with van der Waals surface area (Å²) in [6, 6.07) is 6.48. The van der Waals surface area contributed by atoms with Crippen molar-refractivity contribution in [2.24, 2.45) is 0 Å². The van der Waals surface area contributed by atoms with Gasteiger partial charge in [-0.25, -0.2) is 0 Å². The van der Waals surface area contributed by atoms with Crippen LogP contribution in [0.1, 0.15) is 17.3 Å². The molecule has 0 aliphatic heterocycles. The zero-order valence-electron chi connectivity index (χ0n) is 10.9. The Balaban J connectivity index is 3.14. The number of hydrogen-bond acceptors (Lipinski definition) is 4. The predicted molar refractivity (Wildman–Crippen MR) is 66.7 cm³/mol. The van der Waals surface area contributed by atoms with Gasteiger partial charge in [0.15, 0.2) is 0 Å². The van der Waals surface area contributed by atoms with Crippen molar-refractivity contribution in [3.63, 3.8) is 0 Å². The predicted octanol–water partition coefficient (Wildman–Crippen LogP) is 1.69. The zero-order valence-corrected chi connectivity index (χ0v) is 10.9. The molecule has 1 rings (SSSR count). The minimum absolute atomic E-state index is 0.278. The highest BCUT2D eigenvalue weighted by atomic mass is 16.5. The number of benzene rings is 1. The second-order valence-electron chi connectivity index (χ2n) is 3.79. The van der Waals surface area contributed by atoms with Crippen LogP contribution in [0.15, 0.2) is 18.2 Å². The molecule has 0 fully saturated rings. The van der Waals surface area contributed by atoms with E-state index in [1.165, 1.54) is 19.1 Å². The number of hydrogen-bond donors (Lipinski definition) is 0. The lowest BCUT2D eigenvalue weighted by Crippen LogP contribution is -2.34. The van der Waals surface area contributed by atoms with Gasteiger partial charge in [-0.2, -0.15) is 5.26 Å². The first-order valence-electron chi connectivity index (χ1n) is 5.44. The number of nitriles is 1. The van der Waals surface area contributed by atoms with Gasteiger partial charge in [0.05, 0.1) is 25.9 Å². The van der Waals surface area contributed by atoms with Gasteiger partial charge in [-0.05, 0) is 25.1 Å². The Hall–Kier alpha value is -2.22. The molecule has 0 aliphatic carbocycles. The highest BCUT2D eigenvalue weighted by molar-refractivity contribution is 5.97. The number of methoxy groups -OCH3 is 2. The summed E-state index contributed by atoms with van der Waals surface area (Å²) in [6.07, 6.45) is 0. The first-order valence-corrected chi connectivity index (χ1v) is 5.44. The smallest absolute Gasteiger partial charge is 0.258 e. The van der Waals surface area contributed by atoms with Crippen molar-refractivity contribution in [3.05, 3.63) is 23.8 Å². The molecule has 1 atom stereocenters. The quantitative estimate of drug-likeness (QED) is 0.813. The molecule has 1 amide bonds. The molecule has 18 heavy (non-hydrogen) atoms. The Morgan fingerprint density at radius 2 is 2.06 bits per heavy atom. The van der Waals surface area contributed by atoms with Crippen LogP contribution >= 0.6 is 0 Å². The molecule has 1 unspecified atom stereocenters. The highest BCUT2D eigenvalue weighted by Crippen LogP contribution is 2.25. The first kappa shape index (κ1) is 13.8. The van der Waals surface area contributed by atoms with Crippen molar-refractivity contribution in [2.75, 3.05) is 21.3 Å². The van der Waals surface area contributed by atoms with E-state index >= 15 is 0 Å². The molecular weight excluding hydrogens is 232 g/mol. The van der Waals surface area contributed by atoms with E-state index in [0.29, 0.717) is 17.1 Å². The van der Waals surface area contributed by atoms with Crippen LogP contribution < -0.4 is 9.47 Å². The van der Waals surface area contributed by atoms with Crippen LogP contribution in [0.5, 0.6) is 11.5 Å². The number of carbonyl (C=O) groups excluding carboxylic acids is 1. The van der Waals surface area contributed by atoms with E-state index in [0.717, 1.165) is 0 Å². The molecule has 0 spiro atoms. The summed E-state index contributed by atoms with van der Waals surface area (Å²) in [5.41, 5.74) is 0.376. The molecule has 1 aromatic carbocycles. The van der Waals surface area contributed by atoms with Gasteiger partial charge in [-0.3, -0.25) is 4.79 Å². The summed E-state index contributed by atoms with van der Waals surface area (Å²) in [7, 11) is 4.60. The minimum atomic E-state index is -0.506. The van der Waals surface area contributed by atoms with Gasteiger partial charge >= 0.3 is 0 Å². The second kappa shape index (κ2) is 5.92. The largest absolute Gasteiger partial charge is 0.497 e. The molecule has 0 heterocycles. The fourth-order valence-corrected chi connectivity index (χ4v) is 1.43. The van der Waals surface area contributed by atoms with E-state index in [-0.39, 0.29) is 5.91 Å². The molecule has 0 N–H and O–H groups in total. The van der Waals surface area contributed by atoms with E-state index in [1.54, 1.807) is 32.2 Å². The normalized spacial score (nSPS) is 11.3. The fraction of sp³-hybridized carbons (Fsp3) is 0.385. The average molecular weight is 248 g/mol. The zero-order chi connectivity index (χ0) is 13.7. The number of nitrogens with zero attached hydrogens (tertiary/aromatic N) is 2. The van der Waals surface area contributed by atoms with E-state index in [4.69, 9.17) is 14.7 Å². The number of rotatable bonds is 4. The Kier molecular flexibility index (Phi) is 4.55. The Morgan fingerprint density at radius 3 is 2.56 bits per heavy atom. The van der Waals surface area contributed by atoms with E-state index < -0.39 is 6.04 Å². The van der Waals surface area contributed by atoms with Crippen LogP contribution in [-0.2, 0) is 0 Å². The Morgan fingerprint density at radius 1 is 1.39 bits per heavy atom. The topological polar surface area (TPSA) is 62.6 Å². The summed E-state index contributed by atoms with van der Waals surface area (Å²) >= 11 is 0. The summed E-state index contributed by atoms with van der Waals surface area (Å²) in [5.74, 6) is 0.745. The standard InChI is InChI=1S/C13H16N2O3/c1-9(8-14)15(2)13(16)11-7-10(17-3)5-6-12(11)18-4/h5-7,9H,1-4H3. The third-order valence-corrected chi connectivity index (χ3v) is 2.73. The van der Waals surface area contributed by atoms with Crippen molar-refractivity contribution in [2.45, 2.75) is 13.0 Å². The van der Waals surface area contributed by atoms with Gasteiger partial charge in [-0.1, -0.05) is 0 Å². The van der Waals surface area contributed by atoms with Gasteiger partial charge in [0.25, 0.3) is 5.91 Å². The van der Waals surface area contributed by atoms with Gasteiger partial charge in [-0.15, -0.1) is 0 Å². The van der Waals surface area contributed by atoms with Crippen molar-refractivity contribution in [1.29, 1.82) is 5.26 Å². The van der Waals surface area contributed by atoms with E-state index in [1.807, 2.05) is 6.07 Å². The van der Waals surface area contributed by atoms with Gasteiger partial charge in [0.2, 0.25) is 0 Å². The van der Waals surface area contributed by atoms with Crippen LogP contribution in [0.4, 0.5) is 0 Å². The first-order chi connectivity index (χ1) is 8.54. The number of ether oxygens (including phenoxy) is 2. The Bertz CT molecular complexity index is 480. The summed E-state index contributed by atoms with van der Waals surface area (Å²) < 4.78 is 10.2. The van der Waals surface area contributed by atoms with Crippen molar-refractivity contribution in [1.82, 2.24) is 4.90 Å². The molecule has 96 valence electrons. The molecular formula is C13H16N2O3. The van der Waals surface area contributed by atoms with Gasteiger partial charge in [0, 0.05) is 7.05 Å². The molecule has 0 bridgehead atoms. The maximum absolute atomic E-state index is 12.2. The van der Waals surface area contributed by atoms with Crippen LogP contribution in [0, 0.1) is 11.3 Å². The lowest BCUT2D eigenvalue weighted by molar-refractivity contribution is 0.0769. The maximum atomic E-state index is 12.2. The van der Waals surface area contributed by atoms with Crippen LogP contribution in [0.2, 0.25) is 0 Å². The number of amides is 1. The third-order valence-electron chi connectivity index (χ3n) is 2.73. The fourth-order valence-electron chi connectivity index (χ4n) is 1.43. The summed E-state index contributed by atoms with van der Waals surface area (Å²) in [5, 5.41) is 8.83. The second-order valence-corrected chi connectivity index (χ2v) is 3.79. The van der Waals surface area contributed by atoms with Crippen molar-refractivity contribution >= 4 is 5.91 Å². The van der Waals surface area contributed by atoms with Crippen LogP contribution in [-0.4, -0.2) is 38.1 Å². The average Bonchev–Trinajstić information content (AvgIpc) is 2.43. The Labute approximate surface area is 107 Å². The molecule has 0 aliphatic rings. The summed E-state index contributed by atoms with van der Waals surface area (Å²) in [6.45, 7) is 1.66. The highest BCUT2D eigenvalue weighted by Gasteiger charge is 2.21. The molecule has 5 heteroatoms. The van der Waals surface area contributed by atoms with Gasteiger partial charge in [0.1, 0.15) is 17.5 Å². The molecule has 0 saturated carbocycles. The van der Waals surface area contributed by atoms with Crippen LogP contribution in [0.3, 0.4) is 0 Å². The summed E-state index contributed by atoms with van der Waals surface area (Å²) in [4.78, 5) is 13.6. The molecule has 5 nitrogen and oxygen atoms in total. The van der Waals surface area contributed by atoms with Crippen LogP contribution in [0.25, 0.3) is 0 Å². The minimum Gasteiger partial charge on any atom is -0.497 e. The van der Waals surface area contributed by atoms with Gasteiger partial charge < -0.3 is 14.4 Å². The molecule has 0 radical (unpaired) electrons. The van der Waals surface area contributed by atoms with E-state index in [9.17, 15) is 4.79 Å². The lowest BCUT2D eigenvalue weighted by atomic mass is 10.1. The molecule has 0 saturated heterocycles. The van der Waals surface area contributed by atoms with Crippen molar-refractivity contribution < 1.29 is 14.3 Å². The SMILES string of the molecule is COc1ccc(OC)c(C(=O)N(C)C(C)C#N)c1.